The lowest BCUT2D eigenvalue weighted by atomic mass is 10.1. The summed E-state index contributed by atoms with van der Waals surface area (Å²) in [4.78, 5) is 16.0. The number of rotatable bonds is 7. The number of hydrogen-bond donors (Lipinski definition) is 0. The molecule has 0 atom stereocenters. The highest BCUT2D eigenvalue weighted by atomic mass is 35.5. The van der Waals surface area contributed by atoms with Crippen LogP contribution >= 0.6 is 11.6 Å². The second-order valence-corrected chi connectivity index (χ2v) is 8.78. The van der Waals surface area contributed by atoms with Gasteiger partial charge in [0.25, 0.3) is 0 Å². The van der Waals surface area contributed by atoms with Gasteiger partial charge in [0.2, 0.25) is 5.82 Å². The Labute approximate surface area is 214 Å². The van der Waals surface area contributed by atoms with Crippen molar-refractivity contribution in [3.05, 3.63) is 64.8 Å². The second kappa shape index (κ2) is 9.85. The van der Waals surface area contributed by atoms with E-state index < -0.39 is 23.3 Å². The Morgan fingerprint density at radius 3 is 2.54 bits per heavy atom. The predicted octanol–water partition coefficient (Wildman–Crippen LogP) is 5.70. The molecule has 0 unspecified atom stereocenters. The van der Waals surface area contributed by atoms with E-state index in [0.717, 1.165) is 6.07 Å². The number of hydrogen-bond acceptors (Lipinski definition) is 8. The highest BCUT2D eigenvalue weighted by molar-refractivity contribution is 6.30. The third kappa shape index (κ3) is 5.29. The van der Waals surface area contributed by atoms with Crippen LogP contribution in [0.1, 0.15) is 42.8 Å². The standard InChI is InChI=1S/C24H21ClF3N5O4/c1-5-35-21(34)20-29-18(32-37-20)15-12-13(25)10-11-17(15)36-23(2,3)22-31-30-19(33(22)4)14-8-6-7-9-16(14)24(26,27)28/h6-12H,5H2,1-4H3. The zero-order valence-corrected chi connectivity index (χ0v) is 20.9. The van der Waals surface area contributed by atoms with Crippen LogP contribution in [0.5, 0.6) is 5.75 Å². The number of ether oxygens (including phenoxy) is 2. The summed E-state index contributed by atoms with van der Waals surface area (Å²) in [6.07, 6.45) is -4.57. The molecule has 2 aromatic carbocycles. The topological polar surface area (TPSA) is 105 Å². The van der Waals surface area contributed by atoms with Crippen LogP contribution in [-0.4, -0.2) is 37.5 Å². The average Bonchev–Trinajstić information content (AvgIpc) is 3.47. The van der Waals surface area contributed by atoms with Crippen molar-refractivity contribution in [2.24, 2.45) is 7.05 Å². The summed E-state index contributed by atoms with van der Waals surface area (Å²) >= 11 is 6.17. The third-order valence-electron chi connectivity index (χ3n) is 5.31. The van der Waals surface area contributed by atoms with E-state index in [4.69, 9.17) is 25.6 Å². The van der Waals surface area contributed by atoms with Gasteiger partial charge < -0.3 is 18.6 Å². The zero-order chi connectivity index (χ0) is 27.0. The molecule has 0 radical (unpaired) electrons. The van der Waals surface area contributed by atoms with Crippen molar-refractivity contribution in [3.63, 3.8) is 0 Å². The summed E-state index contributed by atoms with van der Waals surface area (Å²) in [5.74, 6) is -0.575. The van der Waals surface area contributed by atoms with Gasteiger partial charge in [0.1, 0.15) is 5.75 Å². The minimum Gasteiger partial charge on any atom is -0.479 e. The lowest BCUT2D eigenvalue weighted by molar-refractivity contribution is -0.137. The van der Waals surface area contributed by atoms with Crippen LogP contribution in [0.3, 0.4) is 0 Å². The number of nitrogens with zero attached hydrogens (tertiary/aromatic N) is 5. The molecule has 0 N–H and O–H groups in total. The molecular weight excluding hydrogens is 515 g/mol. The molecule has 2 heterocycles. The Kier molecular flexibility index (Phi) is 6.96. The number of alkyl halides is 3. The number of aromatic nitrogens is 5. The minimum absolute atomic E-state index is 0.0215. The maximum absolute atomic E-state index is 13.6. The van der Waals surface area contributed by atoms with Crippen LogP contribution in [0, 0.1) is 0 Å². The Morgan fingerprint density at radius 1 is 1.11 bits per heavy atom. The molecule has 4 rings (SSSR count). The van der Waals surface area contributed by atoms with E-state index >= 15 is 0 Å². The van der Waals surface area contributed by atoms with Gasteiger partial charge in [0, 0.05) is 17.6 Å². The molecule has 194 valence electrons. The molecule has 0 aliphatic carbocycles. The number of benzene rings is 2. The van der Waals surface area contributed by atoms with E-state index in [9.17, 15) is 18.0 Å². The summed E-state index contributed by atoms with van der Waals surface area (Å²) < 4.78 is 58.3. The maximum atomic E-state index is 13.6. The van der Waals surface area contributed by atoms with Gasteiger partial charge in [-0.05, 0) is 45.0 Å². The lowest BCUT2D eigenvalue weighted by Gasteiger charge is -2.26. The van der Waals surface area contributed by atoms with E-state index in [1.165, 1.54) is 28.8 Å². The van der Waals surface area contributed by atoms with Gasteiger partial charge >= 0.3 is 18.0 Å². The van der Waals surface area contributed by atoms with Crippen LogP contribution < -0.4 is 4.74 Å². The van der Waals surface area contributed by atoms with Gasteiger partial charge in [-0.3, -0.25) is 0 Å². The highest BCUT2D eigenvalue weighted by Gasteiger charge is 2.36. The van der Waals surface area contributed by atoms with Crippen molar-refractivity contribution < 1.29 is 32.0 Å². The molecule has 0 saturated carbocycles. The van der Waals surface area contributed by atoms with E-state index in [2.05, 4.69) is 20.3 Å². The molecule has 2 aromatic heterocycles. The Balaban J connectivity index is 1.70. The molecule has 37 heavy (non-hydrogen) atoms. The summed E-state index contributed by atoms with van der Waals surface area (Å²) in [6, 6.07) is 9.79. The number of carbonyl (C=O) groups is 1. The summed E-state index contributed by atoms with van der Waals surface area (Å²) in [7, 11) is 1.55. The van der Waals surface area contributed by atoms with Crippen molar-refractivity contribution in [2.75, 3.05) is 6.61 Å². The van der Waals surface area contributed by atoms with E-state index in [1.54, 1.807) is 40.0 Å². The van der Waals surface area contributed by atoms with Crippen LogP contribution in [-0.2, 0) is 23.6 Å². The predicted molar refractivity (Wildman–Crippen MR) is 126 cm³/mol. The maximum Gasteiger partial charge on any atom is 0.417 e. The zero-order valence-electron chi connectivity index (χ0n) is 20.1. The van der Waals surface area contributed by atoms with E-state index in [-0.39, 0.29) is 41.3 Å². The van der Waals surface area contributed by atoms with Gasteiger partial charge in [-0.25, -0.2) is 4.79 Å². The Morgan fingerprint density at radius 2 is 1.84 bits per heavy atom. The molecule has 0 aliphatic heterocycles. The van der Waals surface area contributed by atoms with Gasteiger partial charge in [-0.1, -0.05) is 35.0 Å². The van der Waals surface area contributed by atoms with Gasteiger partial charge in [-0.2, -0.15) is 18.2 Å². The largest absolute Gasteiger partial charge is 0.479 e. The monoisotopic (exact) mass is 535 g/mol. The van der Waals surface area contributed by atoms with Gasteiger partial charge in [0.05, 0.1) is 17.7 Å². The fourth-order valence-electron chi connectivity index (χ4n) is 3.71. The Bertz CT molecular complexity index is 1450. The first-order valence-electron chi connectivity index (χ1n) is 11.0. The molecule has 0 saturated heterocycles. The van der Waals surface area contributed by atoms with Gasteiger partial charge in [0.15, 0.2) is 17.2 Å². The number of halogens is 4. The minimum atomic E-state index is -4.57. The van der Waals surface area contributed by atoms with E-state index in [1.807, 2.05) is 0 Å². The first kappa shape index (κ1) is 26.1. The van der Waals surface area contributed by atoms with Crippen LogP contribution in [0.2, 0.25) is 5.02 Å². The van der Waals surface area contributed by atoms with Crippen molar-refractivity contribution in [1.82, 2.24) is 24.9 Å². The fourth-order valence-corrected chi connectivity index (χ4v) is 3.88. The second-order valence-electron chi connectivity index (χ2n) is 8.35. The summed E-state index contributed by atoms with van der Waals surface area (Å²) in [5.41, 5.74) is -1.82. The Hall–Kier alpha value is -3.93. The molecule has 0 aliphatic rings. The molecule has 4 aromatic rings. The molecular formula is C24H21ClF3N5O4. The molecule has 13 heteroatoms. The fraction of sp³-hybridized carbons (Fsp3) is 0.292. The lowest BCUT2D eigenvalue weighted by Crippen LogP contribution is -2.29. The normalized spacial score (nSPS) is 12.0. The first-order chi connectivity index (χ1) is 17.4. The molecule has 0 amide bonds. The summed E-state index contributed by atoms with van der Waals surface area (Å²) in [5, 5.41) is 12.3. The quantitative estimate of drug-likeness (QED) is 0.278. The smallest absolute Gasteiger partial charge is 0.417 e. The van der Waals surface area contributed by atoms with Crippen LogP contribution in [0.15, 0.2) is 47.0 Å². The number of carbonyl (C=O) groups excluding carboxylic acids is 1. The molecule has 9 nitrogen and oxygen atoms in total. The van der Waals surface area contributed by atoms with Crippen molar-refractivity contribution in [1.29, 1.82) is 0 Å². The third-order valence-corrected chi connectivity index (χ3v) is 5.55. The van der Waals surface area contributed by atoms with Gasteiger partial charge in [-0.15, -0.1) is 10.2 Å². The van der Waals surface area contributed by atoms with Crippen molar-refractivity contribution >= 4 is 17.6 Å². The average molecular weight is 536 g/mol. The van der Waals surface area contributed by atoms with Crippen LogP contribution in [0.4, 0.5) is 13.2 Å². The molecule has 0 spiro atoms. The van der Waals surface area contributed by atoms with Crippen molar-refractivity contribution in [2.45, 2.75) is 32.5 Å². The first-order valence-corrected chi connectivity index (χ1v) is 11.4. The van der Waals surface area contributed by atoms with Crippen LogP contribution in [0.25, 0.3) is 22.8 Å². The molecule has 0 fully saturated rings. The number of esters is 1. The molecule has 0 bridgehead atoms. The highest BCUT2D eigenvalue weighted by Crippen LogP contribution is 2.39. The van der Waals surface area contributed by atoms with E-state index in [0.29, 0.717) is 10.6 Å². The SMILES string of the molecule is CCOC(=O)c1nc(-c2cc(Cl)ccc2OC(C)(C)c2nnc(-c3ccccc3C(F)(F)F)n2C)no1. The summed E-state index contributed by atoms with van der Waals surface area (Å²) in [6.45, 7) is 5.12. The van der Waals surface area contributed by atoms with Crippen molar-refractivity contribution in [3.8, 4) is 28.5 Å².